The molecule has 3 heterocycles. The van der Waals surface area contributed by atoms with Gasteiger partial charge >= 0.3 is 6.09 Å². The molecule has 2 aromatic heterocycles. The molecule has 2 N–H and O–H groups in total. The summed E-state index contributed by atoms with van der Waals surface area (Å²) in [5, 5.41) is 19.8. The smallest absolute Gasteiger partial charge is 0.407 e. The average Bonchev–Trinajstić information content (AvgIpc) is 2.80. The van der Waals surface area contributed by atoms with Gasteiger partial charge in [0.25, 0.3) is 0 Å². The highest BCUT2D eigenvalue weighted by Crippen LogP contribution is 2.32. The van der Waals surface area contributed by atoms with Gasteiger partial charge in [-0.05, 0) is 36.8 Å². The standard InChI is InChI=1S/C22H21Cl2N5O4/c1-13-15(12-30)8-18(14-6-16(23)9-17(24)7-14)27-21(13)33-20-11-25-19(10-26-20)28-2-4-29(5-3-28)22(31)32/h6-11,30H,2-5,12H2,1H3,(H,31,32). The monoisotopic (exact) mass is 489 g/mol. The molecule has 1 amide bonds. The van der Waals surface area contributed by atoms with Gasteiger partial charge in [-0.2, -0.15) is 0 Å². The molecular weight excluding hydrogens is 469 g/mol. The molecule has 0 radical (unpaired) electrons. The predicted octanol–water partition coefficient (Wildman–Crippen LogP) is 4.24. The van der Waals surface area contributed by atoms with Gasteiger partial charge in [0, 0.05) is 47.4 Å². The zero-order valence-electron chi connectivity index (χ0n) is 17.7. The number of piperazine rings is 1. The van der Waals surface area contributed by atoms with E-state index in [1.165, 1.54) is 11.1 Å². The van der Waals surface area contributed by atoms with E-state index in [0.29, 0.717) is 64.4 Å². The lowest BCUT2D eigenvalue weighted by atomic mass is 10.1. The molecule has 33 heavy (non-hydrogen) atoms. The number of carbonyl (C=O) groups is 1. The van der Waals surface area contributed by atoms with Crippen LogP contribution in [0, 0.1) is 6.92 Å². The third-order valence-corrected chi connectivity index (χ3v) is 5.79. The molecule has 0 unspecified atom stereocenters. The lowest BCUT2D eigenvalue weighted by Gasteiger charge is -2.33. The second kappa shape index (κ2) is 9.78. The number of anilines is 1. The van der Waals surface area contributed by atoms with E-state index in [1.54, 1.807) is 37.4 Å². The van der Waals surface area contributed by atoms with E-state index in [4.69, 9.17) is 33.0 Å². The van der Waals surface area contributed by atoms with Crippen molar-refractivity contribution in [2.24, 2.45) is 0 Å². The Hall–Kier alpha value is -3.14. The highest BCUT2D eigenvalue weighted by Gasteiger charge is 2.21. The number of halogens is 2. The summed E-state index contributed by atoms with van der Waals surface area (Å²) in [6.07, 6.45) is 2.15. The third kappa shape index (κ3) is 5.27. The fraction of sp³-hybridized carbons (Fsp3) is 0.273. The Bertz CT molecular complexity index is 1150. The van der Waals surface area contributed by atoms with Gasteiger partial charge in [0.1, 0.15) is 5.82 Å². The molecule has 9 nitrogen and oxygen atoms in total. The normalized spacial score (nSPS) is 13.8. The first-order valence-electron chi connectivity index (χ1n) is 10.1. The number of hydrogen-bond donors (Lipinski definition) is 2. The number of aliphatic hydroxyl groups is 1. The number of aliphatic hydroxyl groups excluding tert-OH is 1. The van der Waals surface area contributed by atoms with Crippen LogP contribution in [0.4, 0.5) is 10.6 Å². The van der Waals surface area contributed by atoms with Crippen molar-refractivity contribution in [1.29, 1.82) is 0 Å². The maximum absolute atomic E-state index is 11.1. The summed E-state index contributed by atoms with van der Waals surface area (Å²) in [5.74, 6) is 1.16. The molecule has 3 aromatic rings. The Balaban J connectivity index is 1.55. The van der Waals surface area contributed by atoms with Crippen LogP contribution >= 0.6 is 23.2 Å². The van der Waals surface area contributed by atoms with Crippen LogP contribution in [0.5, 0.6) is 11.8 Å². The molecule has 4 rings (SSSR count). The highest BCUT2D eigenvalue weighted by molar-refractivity contribution is 6.35. The van der Waals surface area contributed by atoms with Gasteiger partial charge in [0.15, 0.2) is 0 Å². The predicted molar refractivity (Wildman–Crippen MR) is 124 cm³/mol. The average molecular weight is 490 g/mol. The summed E-state index contributed by atoms with van der Waals surface area (Å²) in [6.45, 7) is 3.48. The van der Waals surface area contributed by atoms with E-state index >= 15 is 0 Å². The molecule has 11 heteroatoms. The second-order valence-electron chi connectivity index (χ2n) is 7.48. The van der Waals surface area contributed by atoms with Crippen LogP contribution in [0.2, 0.25) is 10.0 Å². The molecule has 0 spiro atoms. The van der Waals surface area contributed by atoms with E-state index in [9.17, 15) is 9.90 Å². The number of amides is 1. The van der Waals surface area contributed by atoms with Crippen LogP contribution in [0.25, 0.3) is 11.3 Å². The van der Waals surface area contributed by atoms with Gasteiger partial charge in [-0.25, -0.2) is 19.7 Å². The lowest BCUT2D eigenvalue weighted by Crippen LogP contribution is -2.48. The maximum atomic E-state index is 11.1. The summed E-state index contributed by atoms with van der Waals surface area (Å²) in [4.78, 5) is 27.7. The number of ether oxygens (including phenoxy) is 1. The SMILES string of the molecule is Cc1c(CO)cc(-c2cc(Cl)cc(Cl)c2)nc1Oc1cnc(N2CCN(C(=O)O)CC2)cn1. The number of hydrogen-bond acceptors (Lipinski definition) is 7. The second-order valence-corrected chi connectivity index (χ2v) is 8.36. The van der Waals surface area contributed by atoms with E-state index in [-0.39, 0.29) is 18.4 Å². The van der Waals surface area contributed by atoms with E-state index < -0.39 is 6.09 Å². The molecule has 0 bridgehead atoms. The lowest BCUT2D eigenvalue weighted by molar-refractivity contribution is 0.142. The third-order valence-electron chi connectivity index (χ3n) is 5.35. The van der Waals surface area contributed by atoms with Gasteiger partial charge in [-0.15, -0.1) is 0 Å². The van der Waals surface area contributed by atoms with Crippen molar-refractivity contribution in [1.82, 2.24) is 19.9 Å². The van der Waals surface area contributed by atoms with E-state index in [1.807, 2.05) is 4.90 Å². The first-order chi connectivity index (χ1) is 15.8. The molecule has 0 atom stereocenters. The first-order valence-corrected chi connectivity index (χ1v) is 10.9. The fourth-order valence-corrected chi connectivity index (χ4v) is 4.03. The van der Waals surface area contributed by atoms with Gasteiger partial charge in [0.2, 0.25) is 11.8 Å². The Morgan fingerprint density at radius 2 is 1.76 bits per heavy atom. The topological polar surface area (TPSA) is 112 Å². The molecule has 1 aromatic carbocycles. The molecule has 1 aliphatic rings. The van der Waals surface area contributed by atoms with Gasteiger partial charge in [-0.3, -0.25) is 0 Å². The summed E-state index contributed by atoms with van der Waals surface area (Å²) >= 11 is 12.3. The zero-order valence-corrected chi connectivity index (χ0v) is 19.2. The van der Waals surface area contributed by atoms with Crippen LogP contribution in [0.3, 0.4) is 0 Å². The van der Waals surface area contributed by atoms with Crippen molar-refractivity contribution in [3.05, 3.63) is 57.8 Å². The van der Waals surface area contributed by atoms with Crippen LogP contribution in [0.1, 0.15) is 11.1 Å². The largest absolute Gasteiger partial charge is 0.465 e. The molecule has 0 aliphatic carbocycles. The summed E-state index contributed by atoms with van der Waals surface area (Å²) in [5.41, 5.74) is 2.55. The number of aromatic nitrogens is 3. The van der Waals surface area contributed by atoms with Gasteiger partial charge in [0.05, 0.1) is 24.7 Å². The van der Waals surface area contributed by atoms with Crippen LogP contribution < -0.4 is 9.64 Å². The van der Waals surface area contributed by atoms with Crippen LogP contribution in [-0.2, 0) is 6.61 Å². The minimum absolute atomic E-state index is 0.195. The Morgan fingerprint density at radius 1 is 1.06 bits per heavy atom. The molecule has 172 valence electrons. The Kier molecular flexibility index (Phi) is 6.83. The van der Waals surface area contributed by atoms with Crippen molar-refractivity contribution >= 4 is 35.1 Å². The van der Waals surface area contributed by atoms with Gasteiger partial charge in [-0.1, -0.05) is 23.2 Å². The minimum Gasteiger partial charge on any atom is -0.465 e. The van der Waals surface area contributed by atoms with Gasteiger partial charge < -0.3 is 24.7 Å². The summed E-state index contributed by atoms with van der Waals surface area (Å²) in [6, 6.07) is 6.85. The maximum Gasteiger partial charge on any atom is 0.407 e. The van der Waals surface area contributed by atoms with Crippen molar-refractivity contribution in [2.75, 3.05) is 31.1 Å². The quantitative estimate of drug-likeness (QED) is 0.547. The minimum atomic E-state index is -0.920. The number of nitrogens with zero attached hydrogens (tertiary/aromatic N) is 5. The highest BCUT2D eigenvalue weighted by atomic mass is 35.5. The molecular formula is C22H21Cl2N5O4. The molecule has 0 saturated carbocycles. The van der Waals surface area contributed by atoms with Crippen molar-refractivity contribution in [3.8, 4) is 23.0 Å². The summed E-state index contributed by atoms with van der Waals surface area (Å²) < 4.78 is 5.90. The van der Waals surface area contributed by atoms with E-state index in [2.05, 4.69) is 15.0 Å². The molecule has 1 fully saturated rings. The number of benzene rings is 1. The number of pyridine rings is 1. The fourth-order valence-electron chi connectivity index (χ4n) is 3.50. The van der Waals surface area contributed by atoms with Crippen molar-refractivity contribution in [3.63, 3.8) is 0 Å². The van der Waals surface area contributed by atoms with Crippen LogP contribution in [-0.4, -0.2) is 62.3 Å². The number of carboxylic acid groups (broad SMARTS) is 1. The first kappa shape index (κ1) is 23.0. The van der Waals surface area contributed by atoms with Crippen molar-refractivity contribution < 1.29 is 19.7 Å². The Labute approximate surface area is 200 Å². The molecule has 1 saturated heterocycles. The number of rotatable bonds is 5. The Morgan fingerprint density at radius 3 is 2.33 bits per heavy atom. The van der Waals surface area contributed by atoms with Crippen LogP contribution in [0.15, 0.2) is 36.7 Å². The zero-order chi connectivity index (χ0) is 23.5. The summed E-state index contributed by atoms with van der Waals surface area (Å²) in [7, 11) is 0. The molecule has 1 aliphatic heterocycles. The van der Waals surface area contributed by atoms with E-state index in [0.717, 1.165) is 0 Å². The van der Waals surface area contributed by atoms with Crippen molar-refractivity contribution in [2.45, 2.75) is 13.5 Å².